The van der Waals surface area contributed by atoms with E-state index in [4.69, 9.17) is 20.3 Å². The molecule has 0 saturated heterocycles. The van der Waals surface area contributed by atoms with Gasteiger partial charge in [0.15, 0.2) is 0 Å². The van der Waals surface area contributed by atoms with E-state index in [1.54, 1.807) is 41.5 Å². The minimum atomic E-state index is -0.861. The molecule has 0 aromatic carbocycles. The Morgan fingerprint density at radius 3 is 1.41 bits per heavy atom. The van der Waals surface area contributed by atoms with E-state index in [1.807, 2.05) is 0 Å². The second-order valence-electron chi connectivity index (χ2n) is 14.7. The van der Waals surface area contributed by atoms with Gasteiger partial charge in [-0.15, -0.1) is 0 Å². The standard InChI is InChI=1S/C16H30N2O4.C16H27NO5/c1-15(2,3)22-14(21)18-11-16(10-13(19)20)7-4-12(5-8-16)6-9-17;1-15(2,3)22-14(21)17-11-16(10-13(19)20)7-4-12(5-8-16)6-9-18/h12H,4-11,17H2,1-3H3,(H,18,21)(H,19,20);9,12H,4-8,10-11H2,1-3H3,(H,17,21)(H,19,20). The first-order valence-electron chi connectivity index (χ1n) is 15.8. The number of aliphatic carboxylic acids is 2. The largest absolute Gasteiger partial charge is 0.481 e. The quantitative estimate of drug-likeness (QED) is 0.178. The summed E-state index contributed by atoms with van der Waals surface area (Å²) in [5, 5.41) is 23.8. The maximum atomic E-state index is 11.8. The molecule has 0 spiro atoms. The Kier molecular flexibility index (Phi) is 15.6. The predicted molar refractivity (Wildman–Crippen MR) is 166 cm³/mol. The Bertz CT molecular complexity index is 940. The van der Waals surface area contributed by atoms with Crippen LogP contribution in [-0.2, 0) is 23.9 Å². The second-order valence-corrected chi connectivity index (χ2v) is 14.7. The Morgan fingerprint density at radius 2 is 1.11 bits per heavy atom. The lowest BCUT2D eigenvalue weighted by molar-refractivity contribution is -0.141. The molecule has 6 N–H and O–H groups in total. The van der Waals surface area contributed by atoms with Gasteiger partial charge in [0.25, 0.3) is 0 Å². The highest BCUT2D eigenvalue weighted by Crippen LogP contribution is 2.43. The van der Waals surface area contributed by atoms with Crippen molar-refractivity contribution in [2.24, 2.45) is 28.4 Å². The summed E-state index contributed by atoms with van der Waals surface area (Å²) in [6.07, 6.45) is 8.15. The zero-order chi connectivity index (χ0) is 33.6. The number of carbonyl (C=O) groups excluding carboxylic acids is 3. The van der Waals surface area contributed by atoms with E-state index in [1.165, 1.54) is 0 Å². The topological polar surface area (TPSA) is 194 Å². The van der Waals surface area contributed by atoms with Crippen molar-refractivity contribution in [3.05, 3.63) is 0 Å². The first-order chi connectivity index (χ1) is 20.3. The molecule has 0 radical (unpaired) electrons. The maximum absolute atomic E-state index is 11.8. The van der Waals surface area contributed by atoms with Crippen molar-refractivity contribution in [2.45, 2.75) is 130 Å². The fraction of sp³-hybridized carbons (Fsp3) is 0.844. The van der Waals surface area contributed by atoms with Crippen LogP contribution in [0.4, 0.5) is 9.59 Å². The molecule has 44 heavy (non-hydrogen) atoms. The van der Waals surface area contributed by atoms with Crippen LogP contribution in [0.25, 0.3) is 0 Å². The van der Waals surface area contributed by atoms with Crippen molar-refractivity contribution in [2.75, 3.05) is 19.6 Å². The Morgan fingerprint density at radius 1 is 0.750 bits per heavy atom. The molecule has 2 saturated carbocycles. The summed E-state index contributed by atoms with van der Waals surface area (Å²) >= 11 is 0. The Labute approximate surface area is 262 Å². The Hall–Kier alpha value is -2.89. The number of aldehydes is 1. The molecule has 0 atom stereocenters. The van der Waals surface area contributed by atoms with Gasteiger partial charge in [0.2, 0.25) is 0 Å². The monoisotopic (exact) mass is 627 g/mol. The third-order valence-electron chi connectivity index (χ3n) is 8.40. The van der Waals surface area contributed by atoms with Gasteiger partial charge in [-0.2, -0.15) is 0 Å². The van der Waals surface area contributed by atoms with Crippen LogP contribution in [0.15, 0.2) is 0 Å². The minimum Gasteiger partial charge on any atom is -0.481 e. The van der Waals surface area contributed by atoms with Crippen LogP contribution in [-0.4, -0.2) is 71.5 Å². The first kappa shape index (κ1) is 39.1. The average Bonchev–Trinajstić information content (AvgIpc) is 2.87. The first-order valence-corrected chi connectivity index (χ1v) is 15.8. The van der Waals surface area contributed by atoms with Crippen molar-refractivity contribution < 1.29 is 43.7 Å². The summed E-state index contributed by atoms with van der Waals surface area (Å²) in [5.41, 5.74) is 3.66. The highest BCUT2D eigenvalue weighted by Gasteiger charge is 2.39. The molecule has 0 aromatic rings. The van der Waals surface area contributed by atoms with Crippen LogP contribution >= 0.6 is 0 Å². The fourth-order valence-electron chi connectivity index (χ4n) is 6.10. The van der Waals surface area contributed by atoms with Gasteiger partial charge in [-0.1, -0.05) is 0 Å². The van der Waals surface area contributed by atoms with Crippen LogP contribution in [0.5, 0.6) is 0 Å². The van der Waals surface area contributed by atoms with Crippen LogP contribution in [0.2, 0.25) is 0 Å². The number of nitrogens with two attached hydrogens (primary N) is 1. The lowest BCUT2D eigenvalue weighted by atomic mass is 9.68. The maximum Gasteiger partial charge on any atom is 0.407 e. The van der Waals surface area contributed by atoms with E-state index >= 15 is 0 Å². The van der Waals surface area contributed by atoms with Gasteiger partial charge in [-0.05, 0) is 129 Å². The molecule has 2 aliphatic rings. The molecule has 0 bridgehead atoms. The van der Waals surface area contributed by atoms with Gasteiger partial charge < -0.3 is 40.8 Å². The summed E-state index contributed by atoms with van der Waals surface area (Å²) in [4.78, 5) is 56.5. The molecule has 0 unspecified atom stereocenters. The molecular weight excluding hydrogens is 570 g/mol. The van der Waals surface area contributed by atoms with Crippen molar-refractivity contribution in [3.8, 4) is 0 Å². The highest BCUT2D eigenvalue weighted by molar-refractivity contribution is 5.70. The SMILES string of the molecule is CC(C)(C)OC(=O)NCC1(CC(=O)O)CCC(CC=O)CC1.CC(C)(C)OC(=O)NCC1(CC(=O)O)CCC(CCN)CC1. The fourth-order valence-corrected chi connectivity index (χ4v) is 6.10. The molecule has 2 amide bonds. The van der Waals surface area contributed by atoms with Gasteiger partial charge in [0, 0.05) is 19.5 Å². The van der Waals surface area contributed by atoms with E-state index < -0.39 is 40.7 Å². The molecule has 2 aliphatic carbocycles. The van der Waals surface area contributed by atoms with Crippen LogP contribution in [0.1, 0.15) is 119 Å². The summed E-state index contributed by atoms with van der Waals surface area (Å²) in [7, 11) is 0. The molecule has 254 valence electrons. The van der Waals surface area contributed by atoms with E-state index in [2.05, 4.69) is 10.6 Å². The number of amides is 2. The number of ether oxygens (including phenoxy) is 2. The van der Waals surface area contributed by atoms with E-state index in [0.717, 1.165) is 51.2 Å². The second kappa shape index (κ2) is 17.6. The molecule has 12 nitrogen and oxygen atoms in total. The third kappa shape index (κ3) is 16.3. The number of alkyl carbamates (subject to hydrolysis) is 2. The van der Waals surface area contributed by atoms with Crippen molar-refractivity contribution in [1.82, 2.24) is 10.6 Å². The molecule has 0 aliphatic heterocycles. The number of carboxylic acid groups (broad SMARTS) is 2. The van der Waals surface area contributed by atoms with E-state index in [-0.39, 0.29) is 18.3 Å². The van der Waals surface area contributed by atoms with Crippen molar-refractivity contribution in [3.63, 3.8) is 0 Å². The van der Waals surface area contributed by atoms with Gasteiger partial charge >= 0.3 is 24.1 Å². The highest BCUT2D eigenvalue weighted by atomic mass is 16.6. The number of nitrogens with one attached hydrogen (secondary N) is 2. The molecule has 2 rings (SSSR count). The van der Waals surface area contributed by atoms with Gasteiger partial charge in [0.1, 0.15) is 17.5 Å². The molecule has 0 heterocycles. The van der Waals surface area contributed by atoms with Crippen LogP contribution in [0, 0.1) is 22.7 Å². The van der Waals surface area contributed by atoms with E-state index in [9.17, 15) is 29.1 Å². The predicted octanol–water partition coefficient (Wildman–Crippen LogP) is 5.26. The summed E-state index contributed by atoms with van der Waals surface area (Å²) in [5.74, 6) is -0.766. The molecule has 0 aromatic heterocycles. The number of hydrogen-bond acceptors (Lipinski definition) is 8. The lowest BCUT2D eigenvalue weighted by Crippen LogP contribution is -2.43. The summed E-state index contributed by atoms with van der Waals surface area (Å²) in [6, 6.07) is 0. The zero-order valence-corrected chi connectivity index (χ0v) is 27.7. The van der Waals surface area contributed by atoms with Gasteiger partial charge in [-0.3, -0.25) is 9.59 Å². The Balaban J connectivity index is 0.000000440. The van der Waals surface area contributed by atoms with Crippen LogP contribution in [0.3, 0.4) is 0 Å². The van der Waals surface area contributed by atoms with Crippen LogP contribution < -0.4 is 16.4 Å². The average molecular weight is 628 g/mol. The normalized spacial score (nSPS) is 25.4. The van der Waals surface area contributed by atoms with Crippen molar-refractivity contribution >= 4 is 30.4 Å². The van der Waals surface area contributed by atoms with E-state index in [0.29, 0.717) is 50.7 Å². The minimum absolute atomic E-state index is 0.0244. The molecular formula is C32H57N3O9. The number of rotatable bonds is 12. The third-order valence-corrected chi connectivity index (χ3v) is 8.40. The molecule has 12 heteroatoms. The molecule has 2 fully saturated rings. The number of carbonyl (C=O) groups is 5. The van der Waals surface area contributed by atoms with Gasteiger partial charge in [0.05, 0.1) is 12.8 Å². The van der Waals surface area contributed by atoms with Gasteiger partial charge in [-0.25, -0.2) is 9.59 Å². The lowest BCUT2D eigenvalue weighted by Gasteiger charge is -2.39. The van der Waals surface area contributed by atoms with Crippen molar-refractivity contribution in [1.29, 1.82) is 0 Å². The number of hydrogen-bond donors (Lipinski definition) is 5. The summed E-state index contributed by atoms with van der Waals surface area (Å²) in [6.45, 7) is 12.1. The smallest absolute Gasteiger partial charge is 0.407 e. The zero-order valence-electron chi connectivity index (χ0n) is 27.7. The summed E-state index contributed by atoms with van der Waals surface area (Å²) < 4.78 is 10.4. The number of carboxylic acids is 2.